The van der Waals surface area contributed by atoms with Crippen LogP contribution in [-0.2, 0) is 11.2 Å². The second kappa shape index (κ2) is 7.79. The number of nitrogens with one attached hydrogen (secondary N) is 1. The monoisotopic (exact) mass is 338 g/mol. The summed E-state index contributed by atoms with van der Waals surface area (Å²) in [4.78, 5) is 14.5. The molecule has 3 nitrogen and oxygen atoms in total. The molecule has 1 fully saturated rings. The van der Waals surface area contributed by atoms with Gasteiger partial charge in [-0.2, -0.15) is 0 Å². The molecule has 1 heterocycles. The number of rotatable bonds is 5. The number of nitrogens with zero attached hydrogens (tertiary/aromatic N) is 1. The van der Waals surface area contributed by atoms with E-state index in [2.05, 4.69) is 33.1 Å². The molecule has 0 radical (unpaired) electrons. The maximum Gasteiger partial charge on any atom is 0.224 e. The predicted molar refractivity (Wildman–Crippen MR) is 85.7 cm³/mol. The number of halogens is 1. The molecular formula is C16H23BrN2O. The molecular weight excluding hydrogens is 316 g/mol. The van der Waals surface area contributed by atoms with E-state index in [1.54, 1.807) is 0 Å². The van der Waals surface area contributed by atoms with E-state index in [0.29, 0.717) is 12.3 Å². The Labute approximate surface area is 129 Å². The molecule has 1 aromatic carbocycles. The van der Waals surface area contributed by atoms with Crippen LogP contribution in [0.3, 0.4) is 0 Å². The lowest BCUT2D eigenvalue weighted by atomic mass is 9.98. The Kier molecular flexibility index (Phi) is 6.05. The zero-order chi connectivity index (χ0) is 14.4. The second-order valence-electron chi connectivity index (χ2n) is 5.47. The molecule has 1 aliphatic rings. The first-order chi connectivity index (χ1) is 9.69. The molecule has 2 rings (SSSR count). The van der Waals surface area contributed by atoms with E-state index >= 15 is 0 Å². The summed E-state index contributed by atoms with van der Waals surface area (Å²) in [5.41, 5.74) is 1.05. The summed E-state index contributed by atoms with van der Waals surface area (Å²) >= 11 is 3.48. The average molecular weight is 339 g/mol. The fraction of sp³-hybridized carbons (Fsp3) is 0.562. The van der Waals surface area contributed by atoms with E-state index in [-0.39, 0.29) is 5.91 Å². The zero-order valence-corrected chi connectivity index (χ0v) is 13.7. The first-order valence-corrected chi connectivity index (χ1v) is 8.20. The Morgan fingerprint density at radius 2 is 2.25 bits per heavy atom. The van der Waals surface area contributed by atoms with Crippen LogP contribution < -0.4 is 5.32 Å². The lowest BCUT2D eigenvalue weighted by Crippen LogP contribution is -2.41. The molecule has 0 spiro atoms. The van der Waals surface area contributed by atoms with Gasteiger partial charge < -0.3 is 10.2 Å². The van der Waals surface area contributed by atoms with E-state index < -0.39 is 0 Å². The summed E-state index contributed by atoms with van der Waals surface area (Å²) in [6.45, 7) is 6.44. The molecule has 1 atom stereocenters. The molecule has 1 N–H and O–H groups in total. The minimum absolute atomic E-state index is 0.116. The number of likely N-dealkylation sites (tertiary alicyclic amines) is 1. The van der Waals surface area contributed by atoms with Crippen molar-refractivity contribution in [2.45, 2.75) is 26.2 Å². The smallest absolute Gasteiger partial charge is 0.224 e. The first kappa shape index (κ1) is 15.5. The molecule has 1 aliphatic heterocycles. The number of carbonyl (C=O) groups excluding carboxylic acids is 1. The van der Waals surface area contributed by atoms with Gasteiger partial charge in [0.2, 0.25) is 5.91 Å². The summed E-state index contributed by atoms with van der Waals surface area (Å²) in [6, 6.07) is 7.90. The van der Waals surface area contributed by atoms with Crippen LogP contribution in [0, 0.1) is 5.92 Å². The van der Waals surface area contributed by atoms with Gasteiger partial charge in [0, 0.05) is 17.6 Å². The molecule has 110 valence electrons. The highest BCUT2D eigenvalue weighted by molar-refractivity contribution is 9.10. The van der Waals surface area contributed by atoms with Gasteiger partial charge in [-0.05, 0) is 43.5 Å². The summed E-state index contributed by atoms with van der Waals surface area (Å²) in [6.07, 6.45) is 2.93. The Balaban J connectivity index is 1.76. The Bertz CT molecular complexity index is 450. The highest BCUT2D eigenvalue weighted by Gasteiger charge is 2.19. The van der Waals surface area contributed by atoms with Gasteiger partial charge in [-0.3, -0.25) is 4.79 Å². The third kappa shape index (κ3) is 4.60. The number of hydrogen-bond donors (Lipinski definition) is 1. The van der Waals surface area contributed by atoms with Crippen molar-refractivity contribution >= 4 is 21.8 Å². The normalized spacial score (nSPS) is 19.8. The highest BCUT2D eigenvalue weighted by atomic mass is 79.9. The van der Waals surface area contributed by atoms with Gasteiger partial charge in [0.15, 0.2) is 0 Å². The number of carbonyl (C=O) groups is 1. The number of piperidine rings is 1. The van der Waals surface area contributed by atoms with Gasteiger partial charge in [-0.25, -0.2) is 0 Å². The average Bonchev–Trinajstić information content (AvgIpc) is 2.48. The molecule has 4 heteroatoms. The van der Waals surface area contributed by atoms with E-state index in [1.807, 2.05) is 24.3 Å². The van der Waals surface area contributed by atoms with Crippen LogP contribution in [0.4, 0.5) is 0 Å². The molecule has 0 aliphatic carbocycles. The number of amides is 1. The van der Waals surface area contributed by atoms with Crippen LogP contribution in [0.2, 0.25) is 0 Å². The standard InChI is InChI=1S/C16H23BrN2O/c1-2-19-9-5-6-13(12-19)11-18-16(20)10-14-7-3-4-8-15(14)17/h3-4,7-8,13H,2,5-6,9-12H2,1H3,(H,18,20). The molecule has 0 bridgehead atoms. The summed E-state index contributed by atoms with van der Waals surface area (Å²) in [5, 5.41) is 3.09. The molecule has 1 amide bonds. The van der Waals surface area contributed by atoms with Crippen molar-refractivity contribution in [3.63, 3.8) is 0 Å². The van der Waals surface area contributed by atoms with Crippen molar-refractivity contribution < 1.29 is 4.79 Å². The van der Waals surface area contributed by atoms with Crippen molar-refractivity contribution in [2.24, 2.45) is 5.92 Å². The van der Waals surface area contributed by atoms with Crippen LogP contribution >= 0.6 is 15.9 Å². The molecule has 1 unspecified atom stereocenters. The van der Waals surface area contributed by atoms with Crippen molar-refractivity contribution in [3.8, 4) is 0 Å². The highest BCUT2D eigenvalue weighted by Crippen LogP contribution is 2.17. The van der Waals surface area contributed by atoms with E-state index in [4.69, 9.17) is 0 Å². The van der Waals surface area contributed by atoms with E-state index in [9.17, 15) is 4.79 Å². The number of benzene rings is 1. The summed E-state index contributed by atoms with van der Waals surface area (Å²) in [5.74, 6) is 0.720. The van der Waals surface area contributed by atoms with Crippen molar-refractivity contribution in [2.75, 3.05) is 26.2 Å². The van der Waals surface area contributed by atoms with Gasteiger partial charge in [0.05, 0.1) is 6.42 Å². The Morgan fingerprint density at radius 1 is 1.45 bits per heavy atom. The van der Waals surface area contributed by atoms with Crippen LogP contribution in [-0.4, -0.2) is 37.0 Å². The minimum Gasteiger partial charge on any atom is -0.355 e. The third-order valence-electron chi connectivity index (χ3n) is 3.95. The maximum absolute atomic E-state index is 12.0. The lowest BCUT2D eigenvalue weighted by Gasteiger charge is -2.31. The van der Waals surface area contributed by atoms with Crippen LogP contribution in [0.25, 0.3) is 0 Å². The fourth-order valence-electron chi connectivity index (χ4n) is 2.74. The Morgan fingerprint density at radius 3 is 3.00 bits per heavy atom. The summed E-state index contributed by atoms with van der Waals surface area (Å²) in [7, 11) is 0. The molecule has 20 heavy (non-hydrogen) atoms. The lowest BCUT2D eigenvalue weighted by molar-refractivity contribution is -0.120. The van der Waals surface area contributed by atoms with Crippen molar-refractivity contribution in [1.29, 1.82) is 0 Å². The van der Waals surface area contributed by atoms with E-state index in [0.717, 1.165) is 29.7 Å². The Hall–Kier alpha value is -0.870. The zero-order valence-electron chi connectivity index (χ0n) is 12.1. The van der Waals surface area contributed by atoms with Gasteiger partial charge in [0.1, 0.15) is 0 Å². The molecule has 1 saturated heterocycles. The van der Waals surface area contributed by atoms with Crippen LogP contribution in [0.5, 0.6) is 0 Å². The third-order valence-corrected chi connectivity index (χ3v) is 4.72. The van der Waals surface area contributed by atoms with Crippen molar-refractivity contribution in [1.82, 2.24) is 10.2 Å². The molecule has 0 saturated carbocycles. The maximum atomic E-state index is 12.0. The predicted octanol–water partition coefficient (Wildman–Crippen LogP) is 2.84. The quantitative estimate of drug-likeness (QED) is 0.895. The largest absolute Gasteiger partial charge is 0.355 e. The van der Waals surface area contributed by atoms with Crippen LogP contribution in [0.15, 0.2) is 28.7 Å². The fourth-order valence-corrected chi connectivity index (χ4v) is 3.17. The van der Waals surface area contributed by atoms with Crippen molar-refractivity contribution in [3.05, 3.63) is 34.3 Å². The first-order valence-electron chi connectivity index (χ1n) is 7.41. The minimum atomic E-state index is 0.116. The van der Waals surface area contributed by atoms with Gasteiger partial charge in [-0.15, -0.1) is 0 Å². The molecule has 0 aromatic heterocycles. The number of hydrogen-bond acceptors (Lipinski definition) is 2. The van der Waals surface area contributed by atoms with Gasteiger partial charge >= 0.3 is 0 Å². The van der Waals surface area contributed by atoms with Gasteiger partial charge in [0.25, 0.3) is 0 Å². The summed E-state index contributed by atoms with van der Waals surface area (Å²) < 4.78 is 1.00. The van der Waals surface area contributed by atoms with Crippen LogP contribution in [0.1, 0.15) is 25.3 Å². The topological polar surface area (TPSA) is 32.3 Å². The molecule has 1 aromatic rings. The van der Waals surface area contributed by atoms with E-state index in [1.165, 1.54) is 19.4 Å². The SMILES string of the molecule is CCN1CCCC(CNC(=O)Cc2ccccc2Br)C1. The van der Waals surface area contributed by atoms with Gasteiger partial charge in [-0.1, -0.05) is 41.1 Å². The second-order valence-corrected chi connectivity index (χ2v) is 6.33.